The summed E-state index contributed by atoms with van der Waals surface area (Å²) in [6, 6.07) is 7.77. The van der Waals surface area contributed by atoms with E-state index < -0.39 is 0 Å². The van der Waals surface area contributed by atoms with Crippen LogP contribution < -0.4 is 5.32 Å². The standard InChI is InChI=1S/C18H21N5OS/c1-11-7-5-6-8-15(11)20-16(24)10-9-14-12(2)19-17-21-18(25-4)22-23(17)13(14)3/h5-8H,9-10H2,1-4H3,(H,20,24). The molecule has 0 saturated heterocycles. The number of aromatic nitrogens is 4. The van der Waals surface area contributed by atoms with E-state index in [-0.39, 0.29) is 5.91 Å². The summed E-state index contributed by atoms with van der Waals surface area (Å²) in [5.41, 5.74) is 4.84. The second kappa shape index (κ2) is 7.23. The Morgan fingerprint density at radius 2 is 1.96 bits per heavy atom. The van der Waals surface area contributed by atoms with Crippen LogP contribution in [-0.4, -0.2) is 31.7 Å². The van der Waals surface area contributed by atoms with Crippen molar-refractivity contribution in [2.75, 3.05) is 11.6 Å². The Labute approximate surface area is 151 Å². The Bertz CT molecular complexity index is 935. The van der Waals surface area contributed by atoms with Crippen LogP contribution in [0.25, 0.3) is 5.78 Å². The van der Waals surface area contributed by atoms with Crippen LogP contribution in [0.15, 0.2) is 29.4 Å². The van der Waals surface area contributed by atoms with Gasteiger partial charge in [-0.2, -0.15) is 4.98 Å². The predicted octanol–water partition coefficient (Wildman–Crippen LogP) is 3.34. The molecule has 2 aromatic heterocycles. The van der Waals surface area contributed by atoms with Crippen LogP contribution in [0.3, 0.4) is 0 Å². The average molecular weight is 355 g/mol. The van der Waals surface area contributed by atoms with Gasteiger partial charge in [-0.15, -0.1) is 5.10 Å². The van der Waals surface area contributed by atoms with Gasteiger partial charge in [-0.3, -0.25) is 4.79 Å². The summed E-state index contributed by atoms with van der Waals surface area (Å²) in [7, 11) is 0. The molecule has 0 spiro atoms. The number of hydrogen-bond acceptors (Lipinski definition) is 5. The smallest absolute Gasteiger partial charge is 0.253 e. The number of benzene rings is 1. The molecule has 0 bridgehead atoms. The van der Waals surface area contributed by atoms with Gasteiger partial charge in [-0.05, 0) is 50.6 Å². The van der Waals surface area contributed by atoms with Gasteiger partial charge in [-0.1, -0.05) is 30.0 Å². The van der Waals surface area contributed by atoms with Crippen molar-refractivity contribution in [2.24, 2.45) is 0 Å². The van der Waals surface area contributed by atoms with Crippen LogP contribution in [0.1, 0.15) is 28.9 Å². The zero-order valence-electron chi connectivity index (χ0n) is 14.8. The van der Waals surface area contributed by atoms with Gasteiger partial charge in [0.05, 0.1) is 0 Å². The van der Waals surface area contributed by atoms with Gasteiger partial charge in [0.25, 0.3) is 5.78 Å². The molecule has 0 aliphatic rings. The molecule has 130 valence electrons. The second-order valence-corrected chi connectivity index (χ2v) is 6.71. The molecule has 0 unspecified atom stereocenters. The third-order valence-corrected chi connectivity index (χ3v) is 4.77. The Morgan fingerprint density at radius 3 is 2.68 bits per heavy atom. The number of fused-ring (bicyclic) bond motifs is 1. The molecule has 7 heteroatoms. The minimum Gasteiger partial charge on any atom is -0.326 e. The normalized spacial score (nSPS) is 11.0. The van der Waals surface area contributed by atoms with Gasteiger partial charge in [0.2, 0.25) is 11.1 Å². The molecule has 1 amide bonds. The van der Waals surface area contributed by atoms with Crippen molar-refractivity contribution in [1.29, 1.82) is 0 Å². The molecule has 1 aromatic carbocycles. The van der Waals surface area contributed by atoms with E-state index in [1.165, 1.54) is 11.8 Å². The maximum atomic E-state index is 12.3. The molecule has 0 radical (unpaired) electrons. The van der Waals surface area contributed by atoms with E-state index in [4.69, 9.17) is 0 Å². The highest BCUT2D eigenvalue weighted by molar-refractivity contribution is 7.98. The molecule has 0 aliphatic carbocycles. The third-order valence-electron chi connectivity index (χ3n) is 4.23. The average Bonchev–Trinajstić information content (AvgIpc) is 3.00. The van der Waals surface area contributed by atoms with Crippen molar-refractivity contribution in [3.63, 3.8) is 0 Å². The lowest BCUT2D eigenvalue weighted by molar-refractivity contribution is -0.116. The minimum absolute atomic E-state index is 0.00316. The fourth-order valence-electron chi connectivity index (χ4n) is 2.80. The van der Waals surface area contributed by atoms with Crippen LogP contribution in [0, 0.1) is 20.8 Å². The van der Waals surface area contributed by atoms with E-state index in [2.05, 4.69) is 20.4 Å². The number of aryl methyl sites for hydroxylation is 3. The van der Waals surface area contributed by atoms with Gasteiger partial charge in [0.1, 0.15) is 0 Å². The van der Waals surface area contributed by atoms with E-state index in [1.807, 2.05) is 51.3 Å². The summed E-state index contributed by atoms with van der Waals surface area (Å²) in [6.45, 7) is 5.93. The maximum absolute atomic E-state index is 12.3. The fraction of sp³-hybridized carbons (Fsp3) is 0.333. The Hall–Kier alpha value is -2.41. The van der Waals surface area contributed by atoms with Crippen molar-refractivity contribution in [3.05, 3.63) is 46.8 Å². The molecular formula is C18H21N5OS. The number of nitrogens with one attached hydrogen (secondary N) is 1. The first-order valence-corrected chi connectivity index (χ1v) is 9.34. The number of carbonyl (C=O) groups is 1. The van der Waals surface area contributed by atoms with Crippen molar-refractivity contribution in [1.82, 2.24) is 19.6 Å². The highest BCUT2D eigenvalue weighted by atomic mass is 32.2. The van der Waals surface area contributed by atoms with Gasteiger partial charge in [-0.25, -0.2) is 9.50 Å². The number of para-hydroxylation sites is 1. The Balaban J connectivity index is 1.76. The van der Waals surface area contributed by atoms with Gasteiger partial charge < -0.3 is 5.32 Å². The lowest BCUT2D eigenvalue weighted by Gasteiger charge is -2.11. The predicted molar refractivity (Wildman–Crippen MR) is 100 cm³/mol. The molecule has 1 N–H and O–H groups in total. The largest absolute Gasteiger partial charge is 0.326 e. The lowest BCUT2D eigenvalue weighted by Crippen LogP contribution is -2.15. The van der Waals surface area contributed by atoms with E-state index in [1.54, 1.807) is 4.52 Å². The van der Waals surface area contributed by atoms with Crippen LogP contribution in [0.5, 0.6) is 0 Å². The van der Waals surface area contributed by atoms with E-state index in [0.717, 1.165) is 28.2 Å². The molecular weight excluding hydrogens is 334 g/mol. The lowest BCUT2D eigenvalue weighted by atomic mass is 10.1. The summed E-state index contributed by atoms with van der Waals surface area (Å²) in [4.78, 5) is 21.2. The number of rotatable bonds is 5. The molecule has 2 heterocycles. The van der Waals surface area contributed by atoms with Crippen molar-refractivity contribution < 1.29 is 4.79 Å². The topological polar surface area (TPSA) is 72.2 Å². The molecule has 0 fully saturated rings. The Morgan fingerprint density at radius 1 is 1.20 bits per heavy atom. The summed E-state index contributed by atoms with van der Waals surface area (Å²) >= 11 is 1.49. The third kappa shape index (κ3) is 3.66. The molecule has 6 nitrogen and oxygen atoms in total. The van der Waals surface area contributed by atoms with Gasteiger partial charge in [0, 0.05) is 23.5 Å². The summed E-state index contributed by atoms with van der Waals surface area (Å²) < 4.78 is 1.76. The van der Waals surface area contributed by atoms with E-state index >= 15 is 0 Å². The zero-order valence-corrected chi connectivity index (χ0v) is 15.6. The van der Waals surface area contributed by atoms with Crippen LogP contribution in [-0.2, 0) is 11.2 Å². The van der Waals surface area contributed by atoms with Crippen molar-refractivity contribution >= 4 is 29.1 Å². The number of anilines is 1. The SMILES string of the molecule is CSc1nc2nc(C)c(CCC(=O)Nc3ccccc3C)c(C)n2n1. The monoisotopic (exact) mass is 355 g/mol. The van der Waals surface area contributed by atoms with Gasteiger partial charge >= 0.3 is 0 Å². The van der Waals surface area contributed by atoms with Crippen LogP contribution >= 0.6 is 11.8 Å². The molecule has 25 heavy (non-hydrogen) atoms. The summed E-state index contributed by atoms with van der Waals surface area (Å²) in [6.07, 6.45) is 2.95. The van der Waals surface area contributed by atoms with Crippen LogP contribution in [0.4, 0.5) is 5.69 Å². The molecule has 3 aromatic rings. The summed E-state index contributed by atoms with van der Waals surface area (Å²) in [5, 5.41) is 8.12. The summed E-state index contributed by atoms with van der Waals surface area (Å²) in [5.74, 6) is 0.601. The van der Waals surface area contributed by atoms with Gasteiger partial charge in [0.15, 0.2) is 0 Å². The number of amides is 1. The first-order valence-electron chi connectivity index (χ1n) is 8.12. The van der Waals surface area contributed by atoms with E-state index in [0.29, 0.717) is 23.8 Å². The van der Waals surface area contributed by atoms with Crippen molar-refractivity contribution in [2.45, 2.75) is 38.8 Å². The number of thioether (sulfide) groups is 1. The molecule has 0 saturated carbocycles. The fourth-order valence-corrected chi connectivity index (χ4v) is 3.14. The molecule has 0 aliphatic heterocycles. The van der Waals surface area contributed by atoms with Crippen molar-refractivity contribution in [3.8, 4) is 0 Å². The van der Waals surface area contributed by atoms with Crippen LogP contribution in [0.2, 0.25) is 0 Å². The first kappa shape index (κ1) is 17.4. The molecule has 0 atom stereocenters. The molecule has 3 rings (SSSR count). The quantitative estimate of drug-likeness (QED) is 0.711. The minimum atomic E-state index is -0.00316. The second-order valence-electron chi connectivity index (χ2n) is 5.93. The number of hydrogen-bond donors (Lipinski definition) is 1. The Kier molecular flexibility index (Phi) is 5.03. The maximum Gasteiger partial charge on any atom is 0.253 e. The number of nitrogens with zero attached hydrogens (tertiary/aromatic N) is 4. The number of carbonyl (C=O) groups excluding carboxylic acids is 1. The first-order chi connectivity index (χ1) is 12.0. The highest BCUT2D eigenvalue weighted by Crippen LogP contribution is 2.19. The zero-order chi connectivity index (χ0) is 18.0. The van der Waals surface area contributed by atoms with E-state index in [9.17, 15) is 4.79 Å². The highest BCUT2D eigenvalue weighted by Gasteiger charge is 2.14.